The van der Waals surface area contributed by atoms with Crippen molar-refractivity contribution in [1.29, 1.82) is 0 Å². The highest BCUT2D eigenvalue weighted by molar-refractivity contribution is 5.72. The first kappa shape index (κ1) is 9.82. The Morgan fingerprint density at radius 2 is 1.56 bits per heavy atom. The molecule has 0 aromatic heterocycles. The van der Waals surface area contributed by atoms with E-state index in [0.717, 1.165) is 35.6 Å². The summed E-state index contributed by atoms with van der Waals surface area (Å²) in [5, 5.41) is 0. The van der Waals surface area contributed by atoms with Crippen LogP contribution in [0.1, 0.15) is 30.5 Å². The maximum atomic E-state index is 6.17. The largest absolute Gasteiger partial charge is 0.490 e. The fraction of sp³-hybridized carbons (Fsp3) is 0.538. The number of anilines is 1. The van der Waals surface area contributed by atoms with Crippen LogP contribution in [0.15, 0.2) is 0 Å². The zero-order chi connectivity index (χ0) is 11.4. The first-order chi connectivity index (χ1) is 7.58. The number of nitrogen functional groups attached to an aromatic ring is 1. The van der Waals surface area contributed by atoms with Crippen LogP contribution in [-0.4, -0.2) is 12.2 Å². The van der Waals surface area contributed by atoms with E-state index < -0.39 is 0 Å². The molecule has 1 aromatic carbocycles. The SMILES string of the molecule is Cc1c2c(c(N)c3c1OC(C)C3)OC(C)C2. The van der Waals surface area contributed by atoms with Gasteiger partial charge in [0.2, 0.25) is 0 Å². The third-order valence-electron chi connectivity index (χ3n) is 3.53. The van der Waals surface area contributed by atoms with E-state index >= 15 is 0 Å². The van der Waals surface area contributed by atoms with Gasteiger partial charge in [-0.15, -0.1) is 0 Å². The Bertz CT molecular complexity index is 387. The van der Waals surface area contributed by atoms with Crippen molar-refractivity contribution >= 4 is 5.69 Å². The minimum atomic E-state index is 0.232. The first-order valence-corrected chi connectivity index (χ1v) is 5.85. The minimum Gasteiger partial charge on any atom is -0.490 e. The van der Waals surface area contributed by atoms with E-state index in [9.17, 15) is 0 Å². The molecule has 2 unspecified atom stereocenters. The lowest BCUT2D eigenvalue weighted by Crippen LogP contribution is -2.07. The maximum Gasteiger partial charge on any atom is 0.146 e. The van der Waals surface area contributed by atoms with Crippen molar-refractivity contribution < 1.29 is 9.47 Å². The fourth-order valence-corrected chi connectivity index (χ4v) is 2.76. The van der Waals surface area contributed by atoms with Crippen LogP contribution in [0, 0.1) is 6.92 Å². The van der Waals surface area contributed by atoms with Gasteiger partial charge in [0, 0.05) is 24.0 Å². The maximum absolute atomic E-state index is 6.17. The molecule has 0 fully saturated rings. The van der Waals surface area contributed by atoms with Crippen molar-refractivity contribution in [3.63, 3.8) is 0 Å². The van der Waals surface area contributed by atoms with Crippen LogP contribution in [0.3, 0.4) is 0 Å². The van der Waals surface area contributed by atoms with Gasteiger partial charge in [-0.05, 0) is 26.3 Å². The number of benzene rings is 1. The van der Waals surface area contributed by atoms with Crippen LogP contribution in [0.5, 0.6) is 11.5 Å². The summed E-state index contributed by atoms with van der Waals surface area (Å²) in [6.07, 6.45) is 2.30. The number of fused-ring (bicyclic) bond motifs is 2. The summed E-state index contributed by atoms with van der Waals surface area (Å²) < 4.78 is 11.6. The van der Waals surface area contributed by atoms with Crippen molar-refractivity contribution in [2.24, 2.45) is 0 Å². The van der Waals surface area contributed by atoms with Crippen LogP contribution in [0.4, 0.5) is 5.69 Å². The Balaban J connectivity index is 2.22. The second kappa shape index (κ2) is 3.06. The molecular weight excluding hydrogens is 202 g/mol. The van der Waals surface area contributed by atoms with E-state index in [4.69, 9.17) is 15.2 Å². The molecule has 3 heteroatoms. The van der Waals surface area contributed by atoms with E-state index in [2.05, 4.69) is 20.8 Å². The molecule has 2 aliphatic rings. The quantitative estimate of drug-likeness (QED) is 0.680. The molecule has 0 bridgehead atoms. The number of nitrogens with two attached hydrogens (primary N) is 1. The van der Waals surface area contributed by atoms with Gasteiger partial charge in [0.25, 0.3) is 0 Å². The van der Waals surface area contributed by atoms with Crippen molar-refractivity contribution in [2.45, 2.75) is 45.8 Å². The smallest absolute Gasteiger partial charge is 0.146 e. The minimum absolute atomic E-state index is 0.232. The topological polar surface area (TPSA) is 44.5 Å². The summed E-state index contributed by atoms with van der Waals surface area (Å²) in [5.41, 5.74) is 10.6. The van der Waals surface area contributed by atoms with Gasteiger partial charge in [-0.1, -0.05) is 0 Å². The molecule has 2 atom stereocenters. The number of rotatable bonds is 0. The first-order valence-electron chi connectivity index (χ1n) is 5.85. The molecule has 2 N–H and O–H groups in total. The van der Waals surface area contributed by atoms with E-state index in [1.165, 1.54) is 11.1 Å². The van der Waals surface area contributed by atoms with E-state index in [1.807, 2.05) is 0 Å². The molecule has 0 radical (unpaired) electrons. The number of hydrogen-bond acceptors (Lipinski definition) is 3. The third kappa shape index (κ3) is 1.14. The Labute approximate surface area is 95.5 Å². The predicted octanol–water partition coefficient (Wildman–Crippen LogP) is 2.22. The third-order valence-corrected chi connectivity index (χ3v) is 3.53. The van der Waals surface area contributed by atoms with E-state index in [0.29, 0.717) is 0 Å². The fourth-order valence-electron chi connectivity index (χ4n) is 2.76. The average molecular weight is 219 g/mol. The highest BCUT2D eigenvalue weighted by Gasteiger charge is 2.32. The van der Waals surface area contributed by atoms with Crippen molar-refractivity contribution in [3.8, 4) is 11.5 Å². The summed E-state index contributed by atoms with van der Waals surface area (Å²) in [6.45, 7) is 6.26. The summed E-state index contributed by atoms with van der Waals surface area (Å²) in [4.78, 5) is 0. The lowest BCUT2D eigenvalue weighted by Gasteiger charge is -2.12. The molecule has 86 valence electrons. The van der Waals surface area contributed by atoms with Crippen molar-refractivity contribution in [3.05, 3.63) is 16.7 Å². The monoisotopic (exact) mass is 219 g/mol. The Morgan fingerprint density at radius 3 is 2.25 bits per heavy atom. The normalized spacial score (nSPS) is 25.9. The van der Waals surface area contributed by atoms with Gasteiger partial charge in [0.15, 0.2) is 0 Å². The molecule has 0 spiro atoms. The Kier molecular flexibility index (Phi) is 1.88. The van der Waals surface area contributed by atoms with Crippen LogP contribution in [0.2, 0.25) is 0 Å². The van der Waals surface area contributed by atoms with Gasteiger partial charge in [-0.3, -0.25) is 0 Å². The van der Waals surface area contributed by atoms with Gasteiger partial charge in [0.1, 0.15) is 23.7 Å². The Morgan fingerprint density at radius 1 is 1.00 bits per heavy atom. The highest BCUT2D eigenvalue weighted by Crippen LogP contribution is 2.47. The molecule has 0 aliphatic carbocycles. The molecule has 3 rings (SSSR count). The molecule has 2 aliphatic heterocycles. The number of ether oxygens (including phenoxy) is 2. The molecule has 0 amide bonds. The molecule has 1 aromatic rings. The molecule has 3 nitrogen and oxygen atoms in total. The van der Waals surface area contributed by atoms with E-state index in [-0.39, 0.29) is 12.2 Å². The molecule has 2 heterocycles. The van der Waals surface area contributed by atoms with Crippen LogP contribution in [0.25, 0.3) is 0 Å². The van der Waals surface area contributed by atoms with Crippen LogP contribution >= 0.6 is 0 Å². The summed E-state index contributed by atoms with van der Waals surface area (Å²) in [7, 11) is 0. The second-order valence-electron chi connectivity index (χ2n) is 4.92. The lowest BCUT2D eigenvalue weighted by atomic mass is 9.97. The molecule has 0 saturated carbocycles. The summed E-state index contributed by atoms with van der Waals surface area (Å²) in [5.74, 6) is 1.91. The van der Waals surface area contributed by atoms with Crippen molar-refractivity contribution in [2.75, 3.05) is 5.73 Å². The van der Waals surface area contributed by atoms with Crippen LogP contribution < -0.4 is 15.2 Å². The van der Waals surface area contributed by atoms with E-state index in [1.54, 1.807) is 0 Å². The Hall–Kier alpha value is -1.38. The van der Waals surface area contributed by atoms with Crippen molar-refractivity contribution in [1.82, 2.24) is 0 Å². The standard InChI is InChI=1S/C13H17NO2/c1-6-4-9-8(3)12-10(5-7(2)15-12)11(14)13(9)16-6/h6-7H,4-5,14H2,1-3H3. The van der Waals surface area contributed by atoms with Crippen LogP contribution in [-0.2, 0) is 12.8 Å². The zero-order valence-corrected chi connectivity index (χ0v) is 9.96. The summed E-state index contributed by atoms with van der Waals surface area (Å²) >= 11 is 0. The second-order valence-corrected chi connectivity index (χ2v) is 4.92. The molecular formula is C13H17NO2. The summed E-state index contributed by atoms with van der Waals surface area (Å²) in [6, 6.07) is 0. The molecule has 16 heavy (non-hydrogen) atoms. The number of hydrogen-bond donors (Lipinski definition) is 1. The van der Waals surface area contributed by atoms with Gasteiger partial charge >= 0.3 is 0 Å². The molecule has 0 saturated heterocycles. The lowest BCUT2D eigenvalue weighted by molar-refractivity contribution is 0.252. The van der Waals surface area contributed by atoms with Gasteiger partial charge in [0.05, 0.1) is 5.69 Å². The van der Waals surface area contributed by atoms with Gasteiger partial charge in [-0.2, -0.15) is 0 Å². The van der Waals surface area contributed by atoms with Gasteiger partial charge < -0.3 is 15.2 Å². The zero-order valence-electron chi connectivity index (χ0n) is 9.96. The average Bonchev–Trinajstić information content (AvgIpc) is 2.78. The predicted molar refractivity (Wildman–Crippen MR) is 63.2 cm³/mol. The van der Waals surface area contributed by atoms with Gasteiger partial charge in [-0.25, -0.2) is 0 Å². The highest BCUT2D eigenvalue weighted by atomic mass is 16.5.